The van der Waals surface area contributed by atoms with Crippen LogP contribution in [0.5, 0.6) is 11.5 Å². The van der Waals surface area contributed by atoms with Crippen molar-refractivity contribution in [2.75, 3.05) is 12.4 Å². The summed E-state index contributed by atoms with van der Waals surface area (Å²) >= 11 is 5.93. The molecule has 7 nitrogen and oxygen atoms in total. The quantitative estimate of drug-likeness (QED) is 0.522. The van der Waals surface area contributed by atoms with Crippen LogP contribution in [0.15, 0.2) is 48.5 Å². The van der Waals surface area contributed by atoms with Crippen LogP contribution in [-0.2, 0) is 4.57 Å². The number of halogens is 1. The first kappa shape index (κ1) is 20.2. The van der Waals surface area contributed by atoms with Crippen molar-refractivity contribution in [3.8, 4) is 11.5 Å². The lowest BCUT2D eigenvalue weighted by molar-refractivity contribution is 0.102. The van der Waals surface area contributed by atoms with E-state index in [-0.39, 0.29) is 11.3 Å². The molecule has 3 aromatic carbocycles. The van der Waals surface area contributed by atoms with Crippen molar-refractivity contribution in [2.24, 2.45) is 0 Å². The monoisotopic (exact) mass is 421 g/mol. The van der Waals surface area contributed by atoms with E-state index >= 15 is 0 Å². The third-order valence-corrected chi connectivity index (χ3v) is 4.71. The molecule has 0 atom stereocenters. The maximum Gasteiger partial charge on any atom is 0.524 e. The number of rotatable bonds is 5. The van der Waals surface area contributed by atoms with Crippen molar-refractivity contribution in [1.29, 1.82) is 0 Å². The second-order valence-corrected chi connectivity index (χ2v) is 7.66. The molecule has 0 radical (unpaired) electrons. The lowest BCUT2D eigenvalue weighted by atomic mass is 10.0. The number of hydrogen-bond donors (Lipinski definition) is 3. The SMILES string of the molecule is COc1ccc2cc(OP(=O)(O)O)c(C(=O)Nc3ccc(Cl)cc3C)cc2c1. The Hall–Kier alpha value is -2.57. The van der Waals surface area contributed by atoms with Gasteiger partial charge in [-0.05, 0) is 65.7 Å². The number of phosphoric ester groups is 1. The molecule has 0 spiro atoms. The summed E-state index contributed by atoms with van der Waals surface area (Å²) in [5.74, 6) is -0.232. The maximum absolute atomic E-state index is 12.8. The molecule has 0 saturated heterocycles. The fourth-order valence-electron chi connectivity index (χ4n) is 2.72. The van der Waals surface area contributed by atoms with E-state index in [4.69, 9.17) is 20.9 Å². The number of carbonyl (C=O) groups excluding carboxylic acids is 1. The van der Waals surface area contributed by atoms with Crippen LogP contribution in [0.2, 0.25) is 5.02 Å². The summed E-state index contributed by atoms with van der Waals surface area (Å²) in [7, 11) is -3.35. The summed E-state index contributed by atoms with van der Waals surface area (Å²) in [5, 5.41) is 4.51. The normalized spacial score (nSPS) is 11.3. The Morgan fingerprint density at radius 2 is 1.82 bits per heavy atom. The highest BCUT2D eigenvalue weighted by atomic mass is 35.5. The highest BCUT2D eigenvalue weighted by Gasteiger charge is 2.23. The number of aryl methyl sites for hydroxylation is 1. The third kappa shape index (κ3) is 4.64. The van der Waals surface area contributed by atoms with E-state index in [0.29, 0.717) is 27.2 Å². The second kappa shape index (κ2) is 7.81. The molecule has 146 valence electrons. The molecule has 3 N–H and O–H groups in total. The van der Waals surface area contributed by atoms with Gasteiger partial charge in [0.05, 0.1) is 12.7 Å². The van der Waals surface area contributed by atoms with Gasteiger partial charge in [0.25, 0.3) is 5.91 Å². The molecule has 0 unspecified atom stereocenters. The fourth-order valence-corrected chi connectivity index (χ4v) is 3.35. The lowest BCUT2D eigenvalue weighted by Gasteiger charge is -2.15. The predicted molar refractivity (Wildman–Crippen MR) is 107 cm³/mol. The zero-order valence-electron chi connectivity index (χ0n) is 15.0. The van der Waals surface area contributed by atoms with Crippen LogP contribution < -0.4 is 14.6 Å². The van der Waals surface area contributed by atoms with Crippen LogP contribution in [0.4, 0.5) is 5.69 Å². The zero-order valence-corrected chi connectivity index (χ0v) is 16.6. The average Bonchev–Trinajstić information content (AvgIpc) is 2.61. The molecule has 1 amide bonds. The summed E-state index contributed by atoms with van der Waals surface area (Å²) in [5.41, 5.74) is 1.22. The van der Waals surface area contributed by atoms with Crippen LogP contribution in [0, 0.1) is 6.92 Å². The van der Waals surface area contributed by atoms with Gasteiger partial charge in [-0.1, -0.05) is 17.7 Å². The summed E-state index contributed by atoms with van der Waals surface area (Å²) < 4.78 is 21.3. The highest BCUT2D eigenvalue weighted by molar-refractivity contribution is 7.46. The van der Waals surface area contributed by atoms with E-state index in [1.807, 2.05) is 0 Å². The van der Waals surface area contributed by atoms with E-state index in [1.54, 1.807) is 43.3 Å². The summed E-state index contributed by atoms with van der Waals surface area (Å²) in [4.78, 5) is 31.3. The Balaban J connectivity index is 2.08. The number of carbonyl (C=O) groups is 1. The first-order valence-electron chi connectivity index (χ1n) is 8.11. The molecule has 0 fully saturated rings. The molecule has 0 aliphatic carbocycles. The number of amides is 1. The maximum atomic E-state index is 12.8. The number of ether oxygens (including phenoxy) is 1. The molecule has 0 heterocycles. The molecular formula is C19H17ClNO6P. The van der Waals surface area contributed by atoms with E-state index in [2.05, 4.69) is 5.32 Å². The Morgan fingerprint density at radius 3 is 2.46 bits per heavy atom. The number of benzene rings is 3. The predicted octanol–water partition coefficient (Wildman–Crippen LogP) is 4.53. The summed E-state index contributed by atoms with van der Waals surface area (Å²) in [6.07, 6.45) is 0. The van der Waals surface area contributed by atoms with Crippen molar-refractivity contribution >= 4 is 41.8 Å². The molecule has 9 heteroatoms. The largest absolute Gasteiger partial charge is 0.524 e. The van der Waals surface area contributed by atoms with E-state index in [0.717, 1.165) is 5.56 Å². The van der Waals surface area contributed by atoms with Gasteiger partial charge in [-0.3, -0.25) is 14.6 Å². The molecule has 0 bridgehead atoms. The van der Waals surface area contributed by atoms with Gasteiger partial charge in [-0.2, -0.15) is 0 Å². The van der Waals surface area contributed by atoms with Crippen LogP contribution in [0.1, 0.15) is 15.9 Å². The first-order valence-corrected chi connectivity index (χ1v) is 10.0. The van der Waals surface area contributed by atoms with E-state index < -0.39 is 13.7 Å². The minimum Gasteiger partial charge on any atom is -0.497 e. The number of hydrogen-bond acceptors (Lipinski definition) is 4. The van der Waals surface area contributed by atoms with Gasteiger partial charge < -0.3 is 14.6 Å². The van der Waals surface area contributed by atoms with Gasteiger partial charge in [0, 0.05) is 10.7 Å². The molecule has 28 heavy (non-hydrogen) atoms. The molecule has 3 rings (SSSR count). The molecule has 0 saturated carbocycles. The van der Waals surface area contributed by atoms with Crippen molar-refractivity contribution in [1.82, 2.24) is 0 Å². The fraction of sp³-hybridized carbons (Fsp3) is 0.105. The Labute approximate surface area is 166 Å². The number of methoxy groups -OCH3 is 1. The van der Waals surface area contributed by atoms with E-state index in [1.165, 1.54) is 19.2 Å². The van der Waals surface area contributed by atoms with Crippen molar-refractivity contribution in [3.05, 3.63) is 64.7 Å². The Morgan fingerprint density at radius 1 is 1.07 bits per heavy atom. The van der Waals surface area contributed by atoms with Gasteiger partial charge >= 0.3 is 7.82 Å². The topological polar surface area (TPSA) is 105 Å². The van der Waals surface area contributed by atoms with Crippen LogP contribution >= 0.6 is 19.4 Å². The van der Waals surface area contributed by atoms with Crippen molar-refractivity contribution in [2.45, 2.75) is 6.92 Å². The van der Waals surface area contributed by atoms with Gasteiger partial charge in [-0.15, -0.1) is 0 Å². The summed E-state index contributed by atoms with van der Waals surface area (Å²) in [6, 6.07) is 13.0. The molecule has 3 aromatic rings. The number of fused-ring (bicyclic) bond motifs is 1. The lowest BCUT2D eigenvalue weighted by Crippen LogP contribution is -2.14. The molecule has 0 aliphatic rings. The van der Waals surface area contributed by atoms with Gasteiger partial charge in [0.1, 0.15) is 11.5 Å². The van der Waals surface area contributed by atoms with Crippen LogP contribution in [-0.4, -0.2) is 22.8 Å². The van der Waals surface area contributed by atoms with Gasteiger partial charge in [0.2, 0.25) is 0 Å². The Bertz CT molecular complexity index is 1110. The molecule has 0 aliphatic heterocycles. The smallest absolute Gasteiger partial charge is 0.497 e. The average molecular weight is 422 g/mol. The van der Waals surface area contributed by atoms with Gasteiger partial charge in [0.15, 0.2) is 0 Å². The van der Waals surface area contributed by atoms with Crippen LogP contribution in [0.25, 0.3) is 10.8 Å². The Kier molecular flexibility index (Phi) is 5.63. The summed E-state index contributed by atoms with van der Waals surface area (Å²) in [6.45, 7) is 1.78. The minimum absolute atomic E-state index is 0.0292. The molecular weight excluding hydrogens is 405 g/mol. The van der Waals surface area contributed by atoms with Crippen molar-refractivity contribution in [3.63, 3.8) is 0 Å². The number of phosphoric acid groups is 1. The standard InChI is InChI=1S/C19H17ClNO6P/c1-11-7-14(20)4-6-17(11)21-19(22)16-9-13-8-15(26-2)5-3-12(13)10-18(16)27-28(23,24)25/h3-10H,1-2H3,(H,21,22)(H2,23,24,25). The van der Waals surface area contributed by atoms with Gasteiger partial charge in [-0.25, -0.2) is 4.57 Å². The zero-order chi connectivity index (χ0) is 20.5. The van der Waals surface area contributed by atoms with E-state index in [9.17, 15) is 19.1 Å². The van der Waals surface area contributed by atoms with Crippen molar-refractivity contribution < 1.29 is 28.4 Å². The first-order chi connectivity index (χ1) is 13.2. The second-order valence-electron chi connectivity index (χ2n) is 6.06. The number of nitrogens with one attached hydrogen (secondary N) is 1. The number of anilines is 1. The highest BCUT2D eigenvalue weighted by Crippen LogP contribution is 2.41. The molecule has 0 aromatic heterocycles. The van der Waals surface area contributed by atoms with Crippen LogP contribution in [0.3, 0.4) is 0 Å². The minimum atomic E-state index is -4.87. The third-order valence-electron chi connectivity index (χ3n) is 4.04.